The molecule has 1 saturated heterocycles. The van der Waals surface area contributed by atoms with Crippen LogP contribution < -0.4 is 0 Å². The van der Waals surface area contributed by atoms with E-state index in [1.807, 2.05) is 9.58 Å². The van der Waals surface area contributed by atoms with Crippen LogP contribution in [-0.2, 0) is 29.2 Å². The summed E-state index contributed by atoms with van der Waals surface area (Å²) in [6, 6.07) is 8.71. The molecule has 0 bridgehead atoms. The highest BCUT2D eigenvalue weighted by Gasteiger charge is 2.37. The van der Waals surface area contributed by atoms with Gasteiger partial charge in [-0.05, 0) is 30.5 Å². The van der Waals surface area contributed by atoms with Gasteiger partial charge < -0.3 is 9.64 Å². The van der Waals surface area contributed by atoms with E-state index in [0.29, 0.717) is 19.6 Å². The maximum absolute atomic E-state index is 12.7. The second-order valence-corrected chi connectivity index (χ2v) is 7.80. The Hall–Kier alpha value is -2.25. The van der Waals surface area contributed by atoms with E-state index in [4.69, 9.17) is 4.74 Å². The zero-order valence-electron chi connectivity index (χ0n) is 15.5. The molecule has 7 heteroatoms. The van der Waals surface area contributed by atoms with E-state index in [-0.39, 0.29) is 18.1 Å². The molecule has 0 saturated carbocycles. The molecule has 3 aliphatic heterocycles. The van der Waals surface area contributed by atoms with E-state index in [1.54, 1.807) is 6.20 Å². The number of aromatic nitrogens is 3. The van der Waals surface area contributed by atoms with E-state index in [1.165, 1.54) is 11.1 Å². The van der Waals surface area contributed by atoms with Crippen molar-refractivity contribution >= 4 is 5.91 Å². The quantitative estimate of drug-likeness (QED) is 0.824. The fraction of sp³-hybridized carbons (Fsp3) is 0.550. The van der Waals surface area contributed by atoms with Gasteiger partial charge in [0.05, 0.1) is 30.6 Å². The number of likely N-dealkylation sites (tertiary alicyclic amines) is 1. The van der Waals surface area contributed by atoms with Crippen molar-refractivity contribution in [2.45, 2.75) is 51.1 Å². The molecule has 0 N–H and O–H groups in total. The number of fused-ring (bicyclic) bond motifs is 4. The second-order valence-electron chi connectivity index (χ2n) is 7.80. The fourth-order valence-electron chi connectivity index (χ4n) is 4.58. The standard InChI is InChI=1S/C20H25N5O2/c26-20(6-3-8-23-11-15-4-1-2-5-16(15)12-23)24-9-7-19-18(13-24)25-17(14-27-19)10-21-22-25/h1-2,4-5,10,18-19H,3,6-9,11-14H2. The van der Waals surface area contributed by atoms with Crippen molar-refractivity contribution in [3.8, 4) is 0 Å². The first-order valence-electron chi connectivity index (χ1n) is 9.85. The topological polar surface area (TPSA) is 63.5 Å². The summed E-state index contributed by atoms with van der Waals surface area (Å²) in [4.78, 5) is 17.2. The van der Waals surface area contributed by atoms with Gasteiger partial charge in [-0.3, -0.25) is 9.69 Å². The molecule has 1 aromatic heterocycles. The molecule has 1 amide bonds. The van der Waals surface area contributed by atoms with Gasteiger partial charge >= 0.3 is 0 Å². The van der Waals surface area contributed by atoms with Crippen molar-refractivity contribution in [1.82, 2.24) is 24.8 Å². The average molecular weight is 367 g/mol. The molecule has 142 valence electrons. The summed E-state index contributed by atoms with van der Waals surface area (Å²) in [5.41, 5.74) is 3.85. The van der Waals surface area contributed by atoms with Crippen molar-refractivity contribution in [2.75, 3.05) is 19.6 Å². The monoisotopic (exact) mass is 367 g/mol. The Balaban J connectivity index is 1.13. The summed E-state index contributed by atoms with van der Waals surface area (Å²) in [6.45, 7) is 5.00. The number of ether oxygens (including phenoxy) is 1. The summed E-state index contributed by atoms with van der Waals surface area (Å²) >= 11 is 0. The molecule has 0 aliphatic carbocycles. The van der Waals surface area contributed by atoms with Crippen molar-refractivity contribution < 1.29 is 9.53 Å². The maximum atomic E-state index is 12.7. The van der Waals surface area contributed by atoms with E-state index in [2.05, 4.69) is 39.5 Å². The lowest BCUT2D eigenvalue weighted by Crippen LogP contribution is -2.49. The maximum Gasteiger partial charge on any atom is 0.222 e. The number of benzene rings is 1. The van der Waals surface area contributed by atoms with Crippen molar-refractivity contribution in [3.63, 3.8) is 0 Å². The third-order valence-corrected chi connectivity index (χ3v) is 6.05. The van der Waals surface area contributed by atoms with Crippen molar-refractivity contribution in [2.24, 2.45) is 0 Å². The molecular formula is C20H25N5O2. The van der Waals surface area contributed by atoms with Crippen LogP contribution in [0.2, 0.25) is 0 Å². The molecule has 4 heterocycles. The number of hydrogen-bond acceptors (Lipinski definition) is 5. The Morgan fingerprint density at radius 3 is 2.85 bits per heavy atom. The predicted octanol–water partition coefficient (Wildman–Crippen LogP) is 1.75. The normalized spacial score (nSPS) is 24.4. The number of nitrogens with zero attached hydrogens (tertiary/aromatic N) is 5. The van der Waals surface area contributed by atoms with Crippen molar-refractivity contribution in [3.05, 3.63) is 47.3 Å². The van der Waals surface area contributed by atoms with Gasteiger partial charge in [-0.2, -0.15) is 0 Å². The van der Waals surface area contributed by atoms with Gasteiger partial charge in [0.15, 0.2) is 0 Å². The summed E-state index contributed by atoms with van der Waals surface area (Å²) in [5.74, 6) is 0.248. The number of hydrogen-bond donors (Lipinski definition) is 0. The Kier molecular flexibility index (Phi) is 4.41. The van der Waals surface area contributed by atoms with Crippen LogP contribution in [0, 0.1) is 0 Å². The van der Waals surface area contributed by atoms with Gasteiger partial charge in [0.1, 0.15) is 0 Å². The van der Waals surface area contributed by atoms with Crippen LogP contribution in [0.25, 0.3) is 0 Å². The number of piperidine rings is 1. The lowest BCUT2D eigenvalue weighted by molar-refractivity contribution is -0.138. The SMILES string of the molecule is O=C(CCCN1Cc2ccccc2C1)N1CCC2OCc3cnnn3C2C1. The number of carbonyl (C=O) groups is 1. The Bertz CT molecular complexity index is 810. The summed E-state index contributed by atoms with van der Waals surface area (Å²) < 4.78 is 7.88. The number of amides is 1. The lowest BCUT2D eigenvalue weighted by atomic mass is 10.00. The number of carbonyl (C=O) groups excluding carboxylic acids is 1. The predicted molar refractivity (Wildman–Crippen MR) is 98.6 cm³/mol. The zero-order valence-corrected chi connectivity index (χ0v) is 15.5. The van der Waals surface area contributed by atoms with E-state index in [0.717, 1.165) is 44.7 Å². The van der Waals surface area contributed by atoms with Crippen LogP contribution in [0.3, 0.4) is 0 Å². The Morgan fingerprint density at radius 1 is 1.22 bits per heavy atom. The van der Waals surface area contributed by atoms with Gasteiger partial charge in [0.25, 0.3) is 0 Å². The van der Waals surface area contributed by atoms with Crippen LogP contribution >= 0.6 is 0 Å². The molecule has 3 aliphatic rings. The molecule has 1 aromatic carbocycles. The third kappa shape index (κ3) is 3.26. The second kappa shape index (κ2) is 7.05. The van der Waals surface area contributed by atoms with Gasteiger partial charge in [-0.25, -0.2) is 4.68 Å². The molecule has 7 nitrogen and oxygen atoms in total. The molecule has 0 spiro atoms. The zero-order chi connectivity index (χ0) is 18.2. The molecule has 2 atom stereocenters. The van der Waals surface area contributed by atoms with Crippen LogP contribution in [0.4, 0.5) is 0 Å². The first-order valence-corrected chi connectivity index (χ1v) is 9.85. The molecule has 5 rings (SSSR count). The van der Waals surface area contributed by atoms with Crippen LogP contribution in [0.1, 0.15) is 42.1 Å². The molecule has 0 radical (unpaired) electrons. The van der Waals surface area contributed by atoms with Gasteiger partial charge in [0, 0.05) is 32.6 Å². The van der Waals surface area contributed by atoms with E-state index < -0.39 is 0 Å². The molecule has 1 fully saturated rings. The highest BCUT2D eigenvalue weighted by Crippen LogP contribution is 2.30. The number of rotatable bonds is 4. The summed E-state index contributed by atoms with van der Waals surface area (Å²) in [6.07, 6.45) is 4.28. The van der Waals surface area contributed by atoms with Gasteiger partial charge in [-0.1, -0.05) is 29.5 Å². The summed E-state index contributed by atoms with van der Waals surface area (Å²) in [7, 11) is 0. The van der Waals surface area contributed by atoms with Crippen LogP contribution in [0.15, 0.2) is 30.5 Å². The first-order chi connectivity index (χ1) is 13.3. The Morgan fingerprint density at radius 2 is 2.04 bits per heavy atom. The minimum atomic E-state index is 0.0991. The van der Waals surface area contributed by atoms with Gasteiger partial charge in [0.2, 0.25) is 5.91 Å². The molecule has 2 unspecified atom stereocenters. The first kappa shape index (κ1) is 16.9. The van der Waals surface area contributed by atoms with Crippen molar-refractivity contribution in [1.29, 1.82) is 0 Å². The highest BCUT2D eigenvalue weighted by molar-refractivity contribution is 5.76. The molecule has 27 heavy (non-hydrogen) atoms. The van der Waals surface area contributed by atoms with E-state index in [9.17, 15) is 4.79 Å². The fourth-order valence-corrected chi connectivity index (χ4v) is 4.58. The molecular weight excluding hydrogens is 342 g/mol. The smallest absolute Gasteiger partial charge is 0.222 e. The third-order valence-electron chi connectivity index (χ3n) is 6.05. The van der Waals surface area contributed by atoms with Gasteiger partial charge in [-0.15, -0.1) is 5.10 Å². The minimum absolute atomic E-state index is 0.0991. The Labute approximate surface area is 158 Å². The van der Waals surface area contributed by atoms with Crippen LogP contribution in [-0.4, -0.2) is 56.4 Å². The van der Waals surface area contributed by atoms with E-state index >= 15 is 0 Å². The largest absolute Gasteiger partial charge is 0.370 e. The minimum Gasteiger partial charge on any atom is -0.370 e. The van der Waals surface area contributed by atoms with Crippen LogP contribution in [0.5, 0.6) is 0 Å². The molecule has 2 aromatic rings. The highest BCUT2D eigenvalue weighted by atomic mass is 16.5. The lowest BCUT2D eigenvalue weighted by Gasteiger charge is -2.41. The summed E-state index contributed by atoms with van der Waals surface area (Å²) in [5, 5.41) is 8.21. The average Bonchev–Trinajstić information content (AvgIpc) is 3.33.